The van der Waals surface area contributed by atoms with Crippen LogP contribution in [0.4, 0.5) is 0 Å². The standard InChI is InChI=1S/C9H17NO.H2S/c1-7(2)9-4-5-10(6-9)8(3)11;/h7,9H,4-6H2,1-3H3;1H2/t9-;/m0./s1. The number of nitrogens with zero attached hydrogens (tertiary/aromatic N) is 1. The second kappa shape index (κ2) is 4.75. The number of carbonyl (C=O) groups is 1. The maximum absolute atomic E-state index is 10.9. The van der Waals surface area contributed by atoms with Crippen LogP contribution in [0, 0.1) is 11.8 Å². The SMILES string of the molecule is CC(=O)N1CC[C@H](C(C)C)C1.S. The molecule has 1 amide bonds. The van der Waals surface area contributed by atoms with Gasteiger partial charge in [0, 0.05) is 20.0 Å². The van der Waals surface area contributed by atoms with Gasteiger partial charge in [0.15, 0.2) is 0 Å². The molecule has 0 spiro atoms. The highest BCUT2D eigenvalue weighted by Gasteiger charge is 2.25. The molecule has 0 N–H and O–H groups in total. The maximum Gasteiger partial charge on any atom is 0.219 e. The molecule has 1 heterocycles. The lowest BCUT2D eigenvalue weighted by Crippen LogP contribution is -2.26. The molecule has 0 aromatic carbocycles. The molecule has 0 aliphatic carbocycles. The molecule has 1 saturated heterocycles. The molecule has 1 atom stereocenters. The Morgan fingerprint density at radius 3 is 2.33 bits per heavy atom. The molecule has 1 aliphatic rings. The summed E-state index contributed by atoms with van der Waals surface area (Å²) in [5.41, 5.74) is 0. The van der Waals surface area contributed by atoms with E-state index in [1.165, 1.54) is 6.42 Å². The van der Waals surface area contributed by atoms with Gasteiger partial charge in [-0.25, -0.2) is 0 Å². The first-order valence-corrected chi connectivity index (χ1v) is 4.36. The zero-order chi connectivity index (χ0) is 8.43. The van der Waals surface area contributed by atoms with Crippen molar-refractivity contribution in [1.82, 2.24) is 4.90 Å². The highest BCUT2D eigenvalue weighted by molar-refractivity contribution is 7.59. The van der Waals surface area contributed by atoms with E-state index >= 15 is 0 Å². The van der Waals surface area contributed by atoms with Crippen molar-refractivity contribution in [3.8, 4) is 0 Å². The van der Waals surface area contributed by atoms with E-state index in [4.69, 9.17) is 0 Å². The predicted molar refractivity (Wildman–Crippen MR) is 55.6 cm³/mol. The average Bonchev–Trinajstić information content (AvgIpc) is 2.33. The van der Waals surface area contributed by atoms with Crippen LogP contribution in [0.3, 0.4) is 0 Å². The van der Waals surface area contributed by atoms with Crippen molar-refractivity contribution >= 4 is 19.4 Å². The Bertz CT molecular complexity index is 159. The molecule has 1 aliphatic heterocycles. The zero-order valence-corrected chi connectivity index (χ0v) is 9.13. The van der Waals surface area contributed by atoms with E-state index in [2.05, 4.69) is 13.8 Å². The Kier molecular flexibility index (Phi) is 4.68. The lowest BCUT2D eigenvalue weighted by atomic mass is 9.95. The fraction of sp³-hybridized carbons (Fsp3) is 0.889. The van der Waals surface area contributed by atoms with Gasteiger partial charge >= 0.3 is 0 Å². The number of likely N-dealkylation sites (tertiary alicyclic amines) is 1. The fourth-order valence-corrected chi connectivity index (χ4v) is 1.62. The Morgan fingerprint density at radius 2 is 2.08 bits per heavy atom. The van der Waals surface area contributed by atoms with Crippen LogP contribution in [0.25, 0.3) is 0 Å². The minimum atomic E-state index is 0. The van der Waals surface area contributed by atoms with Gasteiger partial charge in [-0.1, -0.05) is 13.8 Å². The second-order valence-electron chi connectivity index (χ2n) is 3.76. The number of hydrogen-bond donors (Lipinski definition) is 0. The summed E-state index contributed by atoms with van der Waals surface area (Å²) in [6.45, 7) is 8.07. The Hall–Kier alpha value is -0.180. The lowest BCUT2D eigenvalue weighted by molar-refractivity contribution is -0.127. The van der Waals surface area contributed by atoms with E-state index in [0.717, 1.165) is 24.9 Å². The van der Waals surface area contributed by atoms with E-state index in [0.29, 0.717) is 0 Å². The van der Waals surface area contributed by atoms with Crippen LogP contribution < -0.4 is 0 Å². The minimum Gasteiger partial charge on any atom is -0.343 e. The Balaban J connectivity index is 0.00000121. The molecular weight excluding hydrogens is 170 g/mol. The molecule has 0 aromatic rings. The van der Waals surface area contributed by atoms with E-state index in [1.807, 2.05) is 4.90 Å². The summed E-state index contributed by atoms with van der Waals surface area (Å²) in [6, 6.07) is 0. The molecule has 0 bridgehead atoms. The van der Waals surface area contributed by atoms with Crippen molar-refractivity contribution in [3.63, 3.8) is 0 Å². The first-order valence-electron chi connectivity index (χ1n) is 4.36. The van der Waals surface area contributed by atoms with Gasteiger partial charge in [-0.3, -0.25) is 4.79 Å². The molecule has 2 nitrogen and oxygen atoms in total. The van der Waals surface area contributed by atoms with Crippen LogP contribution in [0.5, 0.6) is 0 Å². The highest BCUT2D eigenvalue weighted by atomic mass is 32.1. The van der Waals surface area contributed by atoms with Crippen LogP contribution in [-0.2, 0) is 4.79 Å². The van der Waals surface area contributed by atoms with Crippen LogP contribution in [0.2, 0.25) is 0 Å². The molecule has 3 heteroatoms. The molecule has 0 unspecified atom stereocenters. The van der Waals surface area contributed by atoms with Crippen molar-refractivity contribution in [1.29, 1.82) is 0 Å². The van der Waals surface area contributed by atoms with Crippen molar-refractivity contribution in [3.05, 3.63) is 0 Å². The number of hydrogen-bond acceptors (Lipinski definition) is 1. The van der Waals surface area contributed by atoms with Crippen LogP contribution >= 0.6 is 13.5 Å². The molecule has 1 fully saturated rings. The van der Waals surface area contributed by atoms with E-state index < -0.39 is 0 Å². The first-order chi connectivity index (χ1) is 5.11. The molecular formula is C9H19NOS. The summed E-state index contributed by atoms with van der Waals surface area (Å²) in [4.78, 5) is 12.9. The van der Waals surface area contributed by atoms with E-state index in [9.17, 15) is 4.79 Å². The monoisotopic (exact) mass is 189 g/mol. The third-order valence-electron chi connectivity index (χ3n) is 2.61. The highest BCUT2D eigenvalue weighted by Crippen LogP contribution is 2.23. The van der Waals surface area contributed by atoms with Gasteiger partial charge in [-0.2, -0.15) is 13.5 Å². The topological polar surface area (TPSA) is 20.3 Å². The van der Waals surface area contributed by atoms with E-state index in [-0.39, 0.29) is 19.4 Å². The molecule has 0 radical (unpaired) electrons. The van der Waals surface area contributed by atoms with E-state index in [1.54, 1.807) is 6.92 Å². The van der Waals surface area contributed by atoms with Gasteiger partial charge in [0.1, 0.15) is 0 Å². The van der Waals surface area contributed by atoms with Crippen LogP contribution in [0.15, 0.2) is 0 Å². The average molecular weight is 189 g/mol. The van der Waals surface area contributed by atoms with Gasteiger partial charge in [-0.05, 0) is 18.3 Å². The largest absolute Gasteiger partial charge is 0.343 e. The summed E-state index contributed by atoms with van der Waals surface area (Å²) in [7, 11) is 0. The van der Waals surface area contributed by atoms with Crippen LogP contribution in [0.1, 0.15) is 27.2 Å². The smallest absolute Gasteiger partial charge is 0.219 e. The number of amides is 1. The lowest BCUT2D eigenvalue weighted by Gasteiger charge is -2.15. The molecule has 0 aromatic heterocycles. The molecule has 1 rings (SSSR count). The fourth-order valence-electron chi connectivity index (χ4n) is 1.62. The van der Waals surface area contributed by atoms with Crippen molar-refractivity contribution in [2.75, 3.05) is 13.1 Å². The summed E-state index contributed by atoms with van der Waals surface area (Å²) < 4.78 is 0. The van der Waals surface area contributed by atoms with Crippen LogP contribution in [-0.4, -0.2) is 23.9 Å². The first kappa shape index (κ1) is 11.8. The molecule has 72 valence electrons. The normalized spacial score (nSPS) is 22.7. The summed E-state index contributed by atoms with van der Waals surface area (Å²) in [6.07, 6.45) is 1.19. The minimum absolute atomic E-state index is 0. The van der Waals surface area contributed by atoms with Gasteiger partial charge in [0.2, 0.25) is 5.91 Å². The number of rotatable bonds is 1. The molecule has 12 heavy (non-hydrogen) atoms. The number of carbonyl (C=O) groups excluding carboxylic acids is 1. The van der Waals surface area contributed by atoms with Gasteiger partial charge in [-0.15, -0.1) is 0 Å². The second-order valence-corrected chi connectivity index (χ2v) is 3.76. The van der Waals surface area contributed by atoms with Crippen molar-refractivity contribution in [2.24, 2.45) is 11.8 Å². The third-order valence-corrected chi connectivity index (χ3v) is 2.61. The van der Waals surface area contributed by atoms with Gasteiger partial charge in [0.25, 0.3) is 0 Å². The predicted octanol–water partition coefficient (Wildman–Crippen LogP) is 1.62. The summed E-state index contributed by atoms with van der Waals surface area (Å²) >= 11 is 0. The Morgan fingerprint density at radius 1 is 1.50 bits per heavy atom. The van der Waals surface area contributed by atoms with Crippen molar-refractivity contribution < 1.29 is 4.79 Å². The summed E-state index contributed by atoms with van der Waals surface area (Å²) in [5.74, 6) is 1.69. The molecule has 0 saturated carbocycles. The van der Waals surface area contributed by atoms with Gasteiger partial charge in [0.05, 0.1) is 0 Å². The maximum atomic E-state index is 10.9. The third kappa shape index (κ3) is 2.70. The zero-order valence-electron chi connectivity index (χ0n) is 8.13. The van der Waals surface area contributed by atoms with Crippen molar-refractivity contribution in [2.45, 2.75) is 27.2 Å². The summed E-state index contributed by atoms with van der Waals surface area (Å²) in [5, 5.41) is 0. The quantitative estimate of drug-likeness (QED) is 0.614. The van der Waals surface area contributed by atoms with Gasteiger partial charge < -0.3 is 4.90 Å². The Labute approximate surface area is 81.8 Å².